The number of methoxy groups -OCH3 is 1. The summed E-state index contributed by atoms with van der Waals surface area (Å²) < 4.78 is 10.5. The van der Waals surface area contributed by atoms with Gasteiger partial charge in [-0.3, -0.25) is 4.79 Å². The number of carbonyl (C=O) groups excluding carboxylic acids is 2. The summed E-state index contributed by atoms with van der Waals surface area (Å²) in [6, 6.07) is 10.9. The van der Waals surface area contributed by atoms with Crippen molar-refractivity contribution in [3.05, 3.63) is 52.2 Å². The van der Waals surface area contributed by atoms with Gasteiger partial charge in [0.1, 0.15) is 10.6 Å². The molecule has 1 N–H and O–H groups in total. The van der Waals surface area contributed by atoms with Crippen molar-refractivity contribution in [2.75, 3.05) is 7.11 Å². The van der Waals surface area contributed by atoms with Crippen LogP contribution in [-0.4, -0.2) is 25.1 Å². The van der Waals surface area contributed by atoms with Crippen LogP contribution in [0.1, 0.15) is 35.5 Å². The molecule has 2 aromatic rings. The molecule has 25 heavy (non-hydrogen) atoms. The summed E-state index contributed by atoms with van der Waals surface area (Å²) in [5.41, 5.74) is 0.946. The van der Waals surface area contributed by atoms with E-state index in [1.165, 1.54) is 11.3 Å². The van der Waals surface area contributed by atoms with Crippen molar-refractivity contribution < 1.29 is 19.1 Å². The van der Waals surface area contributed by atoms with E-state index in [9.17, 15) is 9.59 Å². The van der Waals surface area contributed by atoms with Crippen molar-refractivity contribution in [3.63, 3.8) is 0 Å². The SMILES string of the molecule is COc1ccc(CNC(=O)C(CC(C)C)OC(=O)c2cccs2)cc1. The second-order valence-corrected chi connectivity index (χ2v) is 7.01. The molecule has 6 heteroatoms. The van der Waals surface area contributed by atoms with Gasteiger partial charge in [0.15, 0.2) is 6.10 Å². The van der Waals surface area contributed by atoms with Crippen molar-refractivity contribution in [1.82, 2.24) is 5.32 Å². The summed E-state index contributed by atoms with van der Waals surface area (Å²) in [6.07, 6.45) is -0.321. The zero-order chi connectivity index (χ0) is 18.2. The van der Waals surface area contributed by atoms with Gasteiger partial charge in [0.05, 0.1) is 7.11 Å². The number of nitrogens with one attached hydrogen (secondary N) is 1. The van der Waals surface area contributed by atoms with Crippen LogP contribution in [0.2, 0.25) is 0 Å². The first-order valence-electron chi connectivity index (χ1n) is 8.14. The van der Waals surface area contributed by atoms with E-state index in [0.29, 0.717) is 17.8 Å². The molecule has 0 aliphatic rings. The van der Waals surface area contributed by atoms with Crippen LogP contribution in [0.5, 0.6) is 5.75 Å². The molecule has 0 aliphatic heterocycles. The van der Waals surface area contributed by atoms with Crippen LogP contribution in [0.3, 0.4) is 0 Å². The van der Waals surface area contributed by atoms with Crippen LogP contribution < -0.4 is 10.1 Å². The van der Waals surface area contributed by atoms with Gasteiger partial charge in [0.25, 0.3) is 5.91 Å². The largest absolute Gasteiger partial charge is 0.497 e. The molecule has 0 radical (unpaired) electrons. The Labute approximate surface area is 152 Å². The fourth-order valence-corrected chi connectivity index (χ4v) is 2.87. The molecule has 0 aliphatic carbocycles. The molecule has 0 saturated heterocycles. The van der Waals surface area contributed by atoms with Crippen molar-refractivity contribution >= 4 is 23.2 Å². The molecule has 0 spiro atoms. The van der Waals surface area contributed by atoms with Crippen LogP contribution in [0.4, 0.5) is 0 Å². The normalized spacial score (nSPS) is 11.8. The molecule has 0 fully saturated rings. The Hall–Kier alpha value is -2.34. The third-order valence-electron chi connectivity index (χ3n) is 3.58. The average molecular weight is 361 g/mol. The molecule has 134 valence electrons. The highest BCUT2D eigenvalue weighted by molar-refractivity contribution is 7.11. The van der Waals surface area contributed by atoms with Gasteiger partial charge < -0.3 is 14.8 Å². The number of thiophene rings is 1. The zero-order valence-electron chi connectivity index (χ0n) is 14.7. The number of rotatable bonds is 8. The molecule has 1 heterocycles. The molecule has 1 unspecified atom stereocenters. The topological polar surface area (TPSA) is 64.6 Å². The van der Waals surface area contributed by atoms with E-state index >= 15 is 0 Å². The van der Waals surface area contributed by atoms with Gasteiger partial charge in [-0.05, 0) is 41.5 Å². The van der Waals surface area contributed by atoms with Gasteiger partial charge in [-0.2, -0.15) is 0 Å². The van der Waals surface area contributed by atoms with Crippen molar-refractivity contribution in [2.24, 2.45) is 5.92 Å². The summed E-state index contributed by atoms with van der Waals surface area (Å²) in [5.74, 6) is 0.250. The molecule has 0 saturated carbocycles. The number of amides is 1. The molecule has 1 aromatic carbocycles. The Morgan fingerprint density at radius 2 is 1.88 bits per heavy atom. The number of hydrogen-bond donors (Lipinski definition) is 1. The quantitative estimate of drug-likeness (QED) is 0.729. The highest BCUT2D eigenvalue weighted by atomic mass is 32.1. The van der Waals surface area contributed by atoms with E-state index in [0.717, 1.165) is 11.3 Å². The fraction of sp³-hybridized carbons (Fsp3) is 0.368. The number of carbonyl (C=O) groups is 2. The molecular formula is C19H23NO4S. The van der Waals surface area contributed by atoms with Gasteiger partial charge in [-0.1, -0.05) is 32.0 Å². The summed E-state index contributed by atoms with van der Waals surface area (Å²) in [7, 11) is 1.61. The first kappa shape index (κ1) is 19.0. The van der Waals surface area contributed by atoms with E-state index in [1.807, 2.05) is 38.1 Å². The third kappa shape index (κ3) is 5.90. The number of ether oxygens (including phenoxy) is 2. The molecule has 1 amide bonds. The second-order valence-electron chi connectivity index (χ2n) is 6.07. The molecule has 0 bridgehead atoms. The molecule has 1 aromatic heterocycles. The summed E-state index contributed by atoms with van der Waals surface area (Å²) in [5, 5.41) is 4.64. The smallest absolute Gasteiger partial charge is 0.349 e. The number of esters is 1. The van der Waals surface area contributed by atoms with Gasteiger partial charge in [0.2, 0.25) is 0 Å². The minimum Gasteiger partial charge on any atom is -0.497 e. The van der Waals surface area contributed by atoms with E-state index in [2.05, 4.69) is 5.32 Å². The van der Waals surface area contributed by atoms with E-state index < -0.39 is 12.1 Å². The summed E-state index contributed by atoms with van der Waals surface area (Å²) >= 11 is 1.30. The average Bonchev–Trinajstić information content (AvgIpc) is 3.14. The minimum absolute atomic E-state index is 0.230. The number of benzene rings is 1. The predicted octanol–water partition coefficient (Wildman–Crippen LogP) is 3.64. The molecule has 2 rings (SSSR count). The summed E-state index contributed by atoms with van der Waals surface area (Å²) in [4.78, 5) is 25.1. The third-order valence-corrected chi connectivity index (χ3v) is 4.43. The van der Waals surface area contributed by atoms with Crippen molar-refractivity contribution in [2.45, 2.75) is 32.9 Å². The lowest BCUT2D eigenvalue weighted by Crippen LogP contribution is -2.38. The maximum atomic E-state index is 12.5. The van der Waals surface area contributed by atoms with Crippen LogP contribution in [0.25, 0.3) is 0 Å². The van der Waals surface area contributed by atoms with Crippen LogP contribution >= 0.6 is 11.3 Å². The van der Waals surface area contributed by atoms with Crippen molar-refractivity contribution in [3.8, 4) is 5.75 Å². The second kappa shape index (κ2) is 9.22. The van der Waals surface area contributed by atoms with Gasteiger partial charge in [-0.25, -0.2) is 4.79 Å². The number of hydrogen-bond acceptors (Lipinski definition) is 5. The first-order valence-corrected chi connectivity index (χ1v) is 9.02. The Morgan fingerprint density at radius 3 is 2.44 bits per heavy atom. The van der Waals surface area contributed by atoms with Crippen LogP contribution in [0.15, 0.2) is 41.8 Å². The Balaban J connectivity index is 1.95. The monoisotopic (exact) mass is 361 g/mol. The highest BCUT2D eigenvalue weighted by Gasteiger charge is 2.25. The highest BCUT2D eigenvalue weighted by Crippen LogP contribution is 2.16. The summed E-state index contributed by atoms with van der Waals surface area (Å²) in [6.45, 7) is 4.35. The van der Waals surface area contributed by atoms with Crippen LogP contribution in [0, 0.1) is 5.92 Å². The lowest BCUT2D eigenvalue weighted by molar-refractivity contribution is -0.130. The van der Waals surface area contributed by atoms with Gasteiger partial charge in [0, 0.05) is 6.54 Å². The Bertz CT molecular complexity index is 680. The zero-order valence-corrected chi connectivity index (χ0v) is 15.5. The Kier molecular flexibility index (Phi) is 7.01. The molecule has 1 atom stereocenters. The van der Waals surface area contributed by atoms with E-state index in [1.54, 1.807) is 24.6 Å². The lowest BCUT2D eigenvalue weighted by Gasteiger charge is -2.19. The van der Waals surface area contributed by atoms with Gasteiger partial charge in [-0.15, -0.1) is 11.3 Å². The van der Waals surface area contributed by atoms with Crippen molar-refractivity contribution in [1.29, 1.82) is 0 Å². The predicted molar refractivity (Wildman–Crippen MR) is 97.8 cm³/mol. The fourth-order valence-electron chi connectivity index (χ4n) is 2.27. The maximum Gasteiger partial charge on any atom is 0.349 e. The maximum absolute atomic E-state index is 12.5. The Morgan fingerprint density at radius 1 is 1.16 bits per heavy atom. The lowest BCUT2D eigenvalue weighted by atomic mass is 10.1. The molecular weight excluding hydrogens is 338 g/mol. The van der Waals surface area contributed by atoms with E-state index in [4.69, 9.17) is 9.47 Å². The minimum atomic E-state index is -0.798. The standard InChI is InChI=1S/C19H23NO4S/c1-13(2)11-16(24-19(22)17-5-4-10-25-17)18(21)20-12-14-6-8-15(23-3)9-7-14/h4-10,13,16H,11-12H2,1-3H3,(H,20,21). The van der Waals surface area contributed by atoms with Gasteiger partial charge >= 0.3 is 5.97 Å². The van der Waals surface area contributed by atoms with E-state index in [-0.39, 0.29) is 11.8 Å². The van der Waals surface area contributed by atoms with Crippen LogP contribution in [-0.2, 0) is 16.1 Å². The molecule has 5 nitrogen and oxygen atoms in total. The first-order chi connectivity index (χ1) is 12.0.